The first-order chi connectivity index (χ1) is 7.70. The highest BCUT2D eigenvalue weighted by atomic mass is 79.9. The van der Waals surface area contributed by atoms with E-state index in [-0.39, 0.29) is 0 Å². The summed E-state index contributed by atoms with van der Waals surface area (Å²) in [5.74, 6) is 0. The highest BCUT2D eigenvalue weighted by Gasteiger charge is 2.23. The summed E-state index contributed by atoms with van der Waals surface area (Å²) in [6.07, 6.45) is 6.44. The minimum Gasteiger partial charge on any atom is -0.307 e. The Bertz CT molecular complexity index is 348. The molecule has 1 heterocycles. The second-order valence-electron chi connectivity index (χ2n) is 4.73. The first-order valence-corrected chi connectivity index (χ1v) is 7.85. The van der Waals surface area contributed by atoms with Crippen molar-refractivity contribution >= 4 is 27.3 Å². The average molecular weight is 302 g/mol. The van der Waals surface area contributed by atoms with Gasteiger partial charge in [0.15, 0.2) is 0 Å². The van der Waals surface area contributed by atoms with Crippen LogP contribution >= 0.6 is 27.3 Å². The van der Waals surface area contributed by atoms with Gasteiger partial charge in [0.2, 0.25) is 0 Å². The summed E-state index contributed by atoms with van der Waals surface area (Å²) in [6.45, 7) is 4.56. The van der Waals surface area contributed by atoms with Crippen LogP contribution in [0.25, 0.3) is 0 Å². The molecule has 2 rings (SSSR count). The molecular weight excluding hydrogens is 282 g/mol. The third-order valence-corrected chi connectivity index (χ3v) is 5.00. The van der Waals surface area contributed by atoms with Crippen LogP contribution in [0, 0.1) is 0 Å². The summed E-state index contributed by atoms with van der Waals surface area (Å²) < 4.78 is 1.29. The molecule has 0 spiro atoms. The van der Waals surface area contributed by atoms with Crippen molar-refractivity contribution in [3.8, 4) is 0 Å². The molecule has 1 aromatic heterocycles. The highest BCUT2D eigenvalue weighted by molar-refractivity contribution is 9.11. The molecule has 0 fully saturated rings. The molecule has 0 aliphatic heterocycles. The van der Waals surface area contributed by atoms with E-state index >= 15 is 0 Å². The maximum Gasteiger partial charge on any atom is 0.0704 e. The lowest BCUT2D eigenvalue weighted by Crippen LogP contribution is -2.32. The summed E-state index contributed by atoms with van der Waals surface area (Å²) in [7, 11) is 0. The Hall–Kier alpha value is 0.140. The standard InChI is InChI=1S/C13H20BrNS/c1-3-5-9(2)15-11-6-4-7-12-10(11)8-13(14)16-12/h8-9,11,15H,3-7H2,1-2H3. The van der Waals surface area contributed by atoms with Crippen LogP contribution in [0.15, 0.2) is 9.85 Å². The van der Waals surface area contributed by atoms with Gasteiger partial charge in [-0.05, 0) is 60.2 Å². The fourth-order valence-corrected chi connectivity index (χ4v) is 4.37. The van der Waals surface area contributed by atoms with Gasteiger partial charge in [-0.1, -0.05) is 13.3 Å². The lowest BCUT2D eigenvalue weighted by molar-refractivity contribution is 0.396. The summed E-state index contributed by atoms with van der Waals surface area (Å²) in [5, 5.41) is 3.78. The van der Waals surface area contributed by atoms with Gasteiger partial charge < -0.3 is 5.32 Å². The minimum atomic E-state index is 0.591. The number of thiophene rings is 1. The molecule has 0 saturated heterocycles. The van der Waals surface area contributed by atoms with Crippen molar-refractivity contribution < 1.29 is 0 Å². The maximum absolute atomic E-state index is 3.78. The Balaban J connectivity index is 2.06. The normalized spacial score (nSPS) is 21.8. The van der Waals surface area contributed by atoms with Gasteiger partial charge in [0.25, 0.3) is 0 Å². The lowest BCUT2D eigenvalue weighted by atomic mass is 9.93. The van der Waals surface area contributed by atoms with Crippen molar-refractivity contribution in [2.24, 2.45) is 0 Å². The molecule has 1 nitrogen and oxygen atoms in total. The van der Waals surface area contributed by atoms with Crippen LogP contribution in [0.5, 0.6) is 0 Å². The minimum absolute atomic E-state index is 0.591. The zero-order valence-corrected chi connectivity index (χ0v) is 12.5. The van der Waals surface area contributed by atoms with E-state index in [1.807, 2.05) is 11.3 Å². The molecule has 0 aromatic carbocycles. The van der Waals surface area contributed by atoms with Crippen molar-refractivity contribution in [2.75, 3.05) is 0 Å². The predicted molar refractivity (Wildman–Crippen MR) is 75.2 cm³/mol. The zero-order chi connectivity index (χ0) is 11.5. The van der Waals surface area contributed by atoms with Crippen molar-refractivity contribution in [1.29, 1.82) is 0 Å². The van der Waals surface area contributed by atoms with Crippen LogP contribution in [0.1, 0.15) is 56.0 Å². The van der Waals surface area contributed by atoms with E-state index in [2.05, 4.69) is 41.2 Å². The van der Waals surface area contributed by atoms with Gasteiger partial charge in [-0.3, -0.25) is 0 Å². The van der Waals surface area contributed by atoms with Crippen LogP contribution in [-0.2, 0) is 6.42 Å². The van der Waals surface area contributed by atoms with E-state index in [0.717, 1.165) is 0 Å². The number of hydrogen-bond acceptors (Lipinski definition) is 2. The van der Waals surface area contributed by atoms with Crippen molar-refractivity contribution in [1.82, 2.24) is 5.32 Å². The van der Waals surface area contributed by atoms with Gasteiger partial charge in [0, 0.05) is 17.0 Å². The number of hydrogen-bond donors (Lipinski definition) is 1. The summed E-state index contributed by atoms with van der Waals surface area (Å²) in [4.78, 5) is 1.58. The molecule has 3 heteroatoms. The number of fused-ring (bicyclic) bond motifs is 1. The topological polar surface area (TPSA) is 12.0 Å². The SMILES string of the molecule is CCCC(C)NC1CCCc2sc(Br)cc21. The van der Waals surface area contributed by atoms with Crippen LogP contribution in [0.3, 0.4) is 0 Å². The molecule has 90 valence electrons. The maximum atomic E-state index is 3.78. The lowest BCUT2D eigenvalue weighted by Gasteiger charge is -2.27. The second kappa shape index (κ2) is 5.65. The number of halogens is 1. The van der Waals surface area contributed by atoms with Crippen LogP contribution < -0.4 is 5.32 Å². The van der Waals surface area contributed by atoms with E-state index in [4.69, 9.17) is 0 Å². The van der Waals surface area contributed by atoms with E-state index in [1.54, 1.807) is 10.4 Å². The Kier molecular flexibility index (Phi) is 4.45. The van der Waals surface area contributed by atoms with E-state index in [1.165, 1.54) is 35.9 Å². The van der Waals surface area contributed by atoms with Gasteiger partial charge in [-0.15, -0.1) is 11.3 Å². The molecule has 0 radical (unpaired) electrons. The molecule has 2 unspecified atom stereocenters. The smallest absolute Gasteiger partial charge is 0.0704 e. The third-order valence-electron chi connectivity index (χ3n) is 3.29. The molecule has 0 bridgehead atoms. The Morgan fingerprint density at radius 3 is 3.19 bits per heavy atom. The van der Waals surface area contributed by atoms with Crippen LogP contribution in [0.4, 0.5) is 0 Å². The average Bonchev–Trinajstić information content (AvgIpc) is 2.60. The summed E-state index contributed by atoms with van der Waals surface area (Å²) >= 11 is 5.52. The summed E-state index contributed by atoms with van der Waals surface area (Å²) in [5.41, 5.74) is 1.55. The van der Waals surface area contributed by atoms with Crippen molar-refractivity contribution in [3.63, 3.8) is 0 Å². The molecule has 1 aromatic rings. The van der Waals surface area contributed by atoms with E-state index in [0.29, 0.717) is 12.1 Å². The number of aryl methyl sites for hydroxylation is 1. The van der Waals surface area contributed by atoms with E-state index in [9.17, 15) is 0 Å². The fraction of sp³-hybridized carbons (Fsp3) is 0.692. The molecule has 1 aliphatic carbocycles. The first-order valence-electron chi connectivity index (χ1n) is 6.25. The fourth-order valence-electron chi connectivity index (χ4n) is 2.55. The third kappa shape index (κ3) is 2.88. The van der Waals surface area contributed by atoms with E-state index < -0.39 is 0 Å². The number of nitrogens with one attached hydrogen (secondary N) is 1. The zero-order valence-electron chi connectivity index (χ0n) is 10.1. The number of rotatable bonds is 4. The molecule has 16 heavy (non-hydrogen) atoms. The molecule has 0 amide bonds. The van der Waals surface area contributed by atoms with Crippen LogP contribution in [-0.4, -0.2) is 6.04 Å². The Morgan fingerprint density at radius 1 is 1.62 bits per heavy atom. The van der Waals surface area contributed by atoms with Crippen LogP contribution in [0.2, 0.25) is 0 Å². The molecular formula is C13H20BrNS. The predicted octanol–water partition coefficient (Wildman–Crippen LogP) is 4.67. The monoisotopic (exact) mass is 301 g/mol. The molecule has 1 N–H and O–H groups in total. The van der Waals surface area contributed by atoms with Gasteiger partial charge in [0.1, 0.15) is 0 Å². The van der Waals surface area contributed by atoms with Gasteiger partial charge >= 0.3 is 0 Å². The Labute approximate surface area is 111 Å². The quantitative estimate of drug-likeness (QED) is 0.852. The second-order valence-corrected chi connectivity index (χ2v) is 7.25. The van der Waals surface area contributed by atoms with Crippen molar-refractivity contribution in [2.45, 2.75) is 58.0 Å². The van der Waals surface area contributed by atoms with Gasteiger partial charge in [-0.25, -0.2) is 0 Å². The largest absolute Gasteiger partial charge is 0.307 e. The molecule has 2 atom stereocenters. The summed E-state index contributed by atoms with van der Waals surface area (Å²) in [6, 6.07) is 3.54. The molecule has 0 saturated carbocycles. The van der Waals surface area contributed by atoms with Gasteiger partial charge in [0.05, 0.1) is 3.79 Å². The highest BCUT2D eigenvalue weighted by Crippen LogP contribution is 2.38. The van der Waals surface area contributed by atoms with Crippen molar-refractivity contribution in [3.05, 3.63) is 20.3 Å². The Morgan fingerprint density at radius 2 is 2.44 bits per heavy atom. The molecule has 1 aliphatic rings. The van der Waals surface area contributed by atoms with Gasteiger partial charge in [-0.2, -0.15) is 0 Å². The first kappa shape index (κ1) is 12.6.